The van der Waals surface area contributed by atoms with Crippen LogP contribution in [0.4, 0.5) is 0 Å². The first-order valence-electron chi connectivity index (χ1n) is 6.96. The molecule has 0 aliphatic carbocycles. The Morgan fingerprint density at radius 3 is 2.95 bits per heavy atom. The van der Waals surface area contributed by atoms with E-state index in [-0.39, 0.29) is 11.2 Å². The number of carbonyl (C=O) groups excluding carboxylic acids is 1. The molecule has 0 radical (unpaired) electrons. The van der Waals surface area contributed by atoms with Crippen LogP contribution in [-0.4, -0.2) is 28.3 Å². The van der Waals surface area contributed by atoms with Gasteiger partial charge in [0.1, 0.15) is 11.5 Å². The van der Waals surface area contributed by atoms with Gasteiger partial charge >= 0.3 is 0 Å². The fraction of sp³-hybridized carbons (Fsp3) is 0.375. The summed E-state index contributed by atoms with van der Waals surface area (Å²) >= 11 is 1.67. The van der Waals surface area contributed by atoms with E-state index in [4.69, 9.17) is 4.52 Å². The summed E-state index contributed by atoms with van der Waals surface area (Å²) in [5.74, 6) is 0.915. The summed E-state index contributed by atoms with van der Waals surface area (Å²) in [5.41, 5.74) is 3.30. The summed E-state index contributed by atoms with van der Waals surface area (Å²) < 4.78 is 5.04. The van der Waals surface area contributed by atoms with Crippen molar-refractivity contribution >= 4 is 17.7 Å². The van der Waals surface area contributed by atoms with E-state index in [0.29, 0.717) is 6.54 Å². The Hall–Kier alpha value is -1.75. The van der Waals surface area contributed by atoms with Crippen molar-refractivity contribution in [3.8, 4) is 0 Å². The minimum absolute atomic E-state index is 0.0280. The van der Waals surface area contributed by atoms with Crippen LogP contribution in [0.25, 0.3) is 0 Å². The summed E-state index contributed by atoms with van der Waals surface area (Å²) in [5, 5.41) is 3.91. The maximum atomic E-state index is 12.6. The van der Waals surface area contributed by atoms with Crippen molar-refractivity contribution < 1.29 is 9.32 Å². The number of fused-ring (bicyclic) bond motifs is 1. The largest absolute Gasteiger partial charge is 0.361 e. The molecule has 1 aromatic carbocycles. The van der Waals surface area contributed by atoms with Gasteiger partial charge in [-0.15, -0.1) is 11.8 Å². The Kier molecular flexibility index (Phi) is 3.76. The highest BCUT2D eigenvalue weighted by atomic mass is 32.2. The number of rotatable bonds is 3. The van der Waals surface area contributed by atoms with Gasteiger partial charge in [-0.25, -0.2) is 0 Å². The van der Waals surface area contributed by atoms with Crippen molar-refractivity contribution in [2.45, 2.75) is 37.0 Å². The lowest BCUT2D eigenvalue weighted by Crippen LogP contribution is -2.34. The Morgan fingerprint density at radius 1 is 1.43 bits per heavy atom. The van der Waals surface area contributed by atoms with Crippen LogP contribution >= 0.6 is 11.8 Å². The minimum Gasteiger partial charge on any atom is -0.361 e. The monoisotopic (exact) mass is 302 g/mol. The van der Waals surface area contributed by atoms with Crippen molar-refractivity contribution in [3.63, 3.8) is 0 Å². The number of hydrogen-bond acceptors (Lipinski definition) is 4. The molecule has 0 bridgehead atoms. The highest BCUT2D eigenvalue weighted by Gasteiger charge is 2.30. The van der Waals surface area contributed by atoms with E-state index in [0.717, 1.165) is 17.9 Å². The van der Waals surface area contributed by atoms with Gasteiger partial charge < -0.3 is 9.42 Å². The Balaban J connectivity index is 1.66. The third-order valence-electron chi connectivity index (χ3n) is 3.62. The first-order valence-corrected chi connectivity index (χ1v) is 7.84. The summed E-state index contributed by atoms with van der Waals surface area (Å²) in [4.78, 5) is 15.5. The Morgan fingerprint density at radius 2 is 2.24 bits per heavy atom. The lowest BCUT2D eigenvalue weighted by Gasteiger charge is -2.19. The van der Waals surface area contributed by atoms with E-state index in [1.54, 1.807) is 16.7 Å². The normalized spacial score (nSPS) is 16.8. The number of thioether (sulfide) groups is 1. The summed E-state index contributed by atoms with van der Waals surface area (Å²) in [6.07, 6.45) is 0.807. The second-order valence-electron chi connectivity index (χ2n) is 5.54. The molecule has 110 valence electrons. The predicted octanol–water partition coefficient (Wildman–Crippen LogP) is 2.97. The summed E-state index contributed by atoms with van der Waals surface area (Å²) in [6, 6.07) is 8.26. The molecule has 0 saturated carbocycles. The average Bonchev–Trinajstić information content (AvgIpc) is 3.03. The number of aromatic nitrogens is 1. The van der Waals surface area contributed by atoms with Gasteiger partial charge in [0, 0.05) is 18.0 Å². The molecule has 0 unspecified atom stereocenters. The van der Waals surface area contributed by atoms with Crippen molar-refractivity contribution in [3.05, 3.63) is 46.8 Å². The summed E-state index contributed by atoms with van der Waals surface area (Å²) in [6.45, 7) is 4.42. The standard InChI is InChI=1S/C16H18N2O2S/c1-10-4-5-12-8-15(21-14(12)6-10)16(19)18(3)9-13-7-11(2)20-17-13/h4-7,15H,8-9H2,1-3H3/t15-/m0/s1. The fourth-order valence-electron chi connectivity index (χ4n) is 2.53. The van der Waals surface area contributed by atoms with Crippen LogP contribution in [0, 0.1) is 13.8 Å². The van der Waals surface area contributed by atoms with Crippen molar-refractivity contribution in [2.75, 3.05) is 7.05 Å². The van der Waals surface area contributed by atoms with Gasteiger partial charge in [0.2, 0.25) is 5.91 Å². The third kappa shape index (κ3) is 2.97. The van der Waals surface area contributed by atoms with Crippen LogP contribution in [0.5, 0.6) is 0 Å². The molecule has 0 saturated heterocycles. The number of amides is 1. The van der Waals surface area contributed by atoms with Crippen molar-refractivity contribution in [1.82, 2.24) is 10.1 Å². The smallest absolute Gasteiger partial charge is 0.236 e. The van der Waals surface area contributed by atoms with Crippen molar-refractivity contribution in [2.24, 2.45) is 0 Å². The molecule has 2 heterocycles. The SMILES string of the molecule is Cc1ccc2c(c1)S[C@H](C(=O)N(C)Cc1cc(C)on1)C2. The van der Waals surface area contributed by atoms with Crippen LogP contribution < -0.4 is 0 Å². The van der Waals surface area contributed by atoms with Gasteiger partial charge in [-0.05, 0) is 31.9 Å². The third-order valence-corrected chi connectivity index (χ3v) is 4.91. The zero-order valence-electron chi connectivity index (χ0n) is 12.4. The molecule has 1 aromatic heterocycles. The van der Waals surface area contributed by atoms with Crippen molar-refractivity contribution in [1.29, 1.82) is 0 Å². The van der Waals surface area contributed by atoms with Crippen LogP contribution in [0.3, 0.4) is 0 Å². The van der Waals surface area contributed by atoms with Gasteiger partial charge in [-0.1, -0.05) is 22.9 Å². The predicted molar refractivity (Wildman–Crippen MR) is 82.2 cm³/mol. The first kappa shape index (κ1) is 14.2. The van der Waals surface area contributed by atoms with E-state index in [1.165, 1.54) is 16.0 Å². The maximum Gasteiger partial charge on any atom is 0.236 e. The lowest BCUT2D eigenvalue weighted by atomic mass is 10.1. The van der Waals surface area contributed by atoms with Crippen LogP contribution in [-0.2, 0) is 17.8 Å². The van der Waals surface area contributed by atoms with Gasteiger partial charge in [-0.2, -0.15) is 0 Å². The van der Waals surface area contributed by atoms with Gasteiger partial charge in [0.15, 0.2) is 0 Å². The summed E-state index contributed by atoms with van der Waals surface area (Å²) in [7, 11) is 1.82. The lowest BCUT2D eigenvalue weighted by molar-refractivity contribution is -0.129. The maximum absolute atomic E-state index is 12.6. The van der Waals surface area contributed by atoms with E-state index in [9.17, 15) is 4.79 Å². The molecule has 1 atom stereocenters. The van der Waals surface area contributed by atoms with E-state index < -0.39 is 0 Å². The molecule has 1 amide bonds. The first-order chi connectivity index (χ1) is 10.0. The molecule has 5 heteroatoms. The molecule has 0 N–H and O–H groups in total. The average molecular weight is 302 g/mol. The molecule has 2 aromatic rings. The molecule has 1 aliphatic heterocycles. The molecular weight excluding hydrogens is 284 g/mol. The van der Waals surface area contributed by atoms with Crippen LogP contribution in [0.1, 0.15) is 22.6 Å². The Bertz CT molecular complexity index is 681. The van der Waals surface area contributed by atoms with Crippen LogP contribution in [0.2, 0.25) is 0 Å². The van der Waals surface area contributed by atoms with E-state index >= 15 is 0 Å². The van der Waals surface area contributed by atoms with Gasteiger partial charge in [-0.3, -0.25) is 4.79 Å². The number of aryl methyl sites for hydroxylation is 2. The molecule has 0 fully saturated rings. The van der Waals surface area contributed by atoms with E-state index in [1.807, 2.05) is 20.0 Å². The molecular formula is C16H18N2O2S. The number of carbonyl (C=O) groups is 1. The second-order valence-corrected chi connectivity index (χ2v) is 6.79. The zero-order chi connectivity index (χ0) is 15.0. The number of benzene rings is 1. The second kappa shape index (κ2) is 5.56. The quantitative estimate of drug-likeness (QED) is 0.874. The molecule has 4 nitrogen and oxygen atoms in total. The van der Waals surface area contributed by atoms with Gasteiger partial charge in [0.05, 0.1) is 11.8 Å². The number of hydrogen-bond donors (Lipinski definition) is 0. The molecule has 21 heavy (non-hydrogen) atoms. The fourth-order valence-corrected chi connectivity index (χ4v) is 3.94. The van der Waals surface area contributed by atoms with Crippen LogP contribution in [0.15, 0.2) is 33.7 Å². The molecule has 1 aliphatic rings. The van der Waals surface area contributed by atoms with E-state index in [2.05, 4.69) is 30.3 Å². The highest BCUT2D eigenvalue weighted by Crippen LogP contribution is 2.38. The highest BCUT2D eigenvalue weighted by molar-refractivity contribution is 8.01. The minimum atomic E-state index is -0.0280. The molecule has 0 spiro atoms. The zero-order valence-corrected chi connectivity index (χ0v) is 13.2. The topological polar surface area (TPSA) is 46.3 Å². The molecule has 3 rings (SSSR count). The van der Waals surface area contributed by atoms with Gasteiger partial charge in [0.25, 0.3) is 0 Å². The number of nitrogens with zero attached hydrogens (tertiary/aromatic N) is 2. The Labute approximate surface area is 128 Å².